The molecule has 8 heteroatoms. The van der Waals surface area contributed by atoms with E-state index < -0.39 is 0 Å². The van der Waals surface area contributed by atoms with Crippen LogP contribution in [-0.4, -0.2) is 36.0 Å². The van der Waals surface area contributed by atoms with E-state index in [0.717, 1.165) is 28.5 Å². The van der Waals surface area contributed by atoms with Crippen molar-refractivity contribution in [2.45, 2.75) is 26.3 Å². The van der Waals surface area contributed by atoms with Crippen molar-refractivity contribution in [1.29, 1.82) is 0 Å². The van der Waals surface area contributed by atoms with Gasteiger partial charge in [0.2, 0.25) is 0 Å². The summed E-state index contributed by atoms with van der Waals surface area (Å²) in [5, 5.41) is 12.2. The van der Waals surface area contributed by atoms with Crippen LogP contribution >= 0.6 is 15.9 Å². The van der Waals surface area contributed by atoms with Crippen molar-refractivity contribution in [3.05, 3.63) is 34.3 Å². The molecule has 0 unspecified atom stereocenters. The number of aryl methyl sites for hydroxylation is 1. The number of ketones is 1. The predicted octanol–water partition coefficient (Wildman–Crippen LogP) is 2.15. The number of aromatic nitrogens is 6. The topological polar surface area (TPSA) is 89.4 Å². The summed E-state index contributed by atoms with van der Waals surface area (Å²) in [5.74, 6) is 0.677. The Labute approximate surface area is 128 Å². The van der Waals surface area contributed by atoms with Gasteiger partial charge in [0.15, 0.2) is 11.6 Å². The van der Waals surface area contributed by atoms with Crippen molar-refractivity contribution >= 4 is 32.7 Å². The molecule has 3 heterocycles. The summed E-state index contributed by atoms with van der Waals surface area (Å²) in [5.41, 5.74) is 1.28. The highest BCUT2D eigenvalue weighted by Gasteiger charge is 2.16. The predicted molar refractivity (Wildman–Crippen MR) is 79.9 cm³/mol. The number of rotatable bonds is 5. The molecule has 0 atom stereocenters. The number of carbonyl (C=O) groups excluding carboxylic acids is 1. The summed E-state index contributed by atoms with van der Waals surface area (Å²) >= 11 is 3.37. The number of nitrogens with one attached hydrogen (secondary N) is 1. The van der Waals surface area contributed by atoms with E-state index >= 15 is 0 Å². The molecular formula is C13H13BrN6O. The lowest BCUT2D eigenvalue weighted by Gasteiger charge is -2.02. The number of nitrogens with zero attached hydrogens (tertiary/aromatic N) is 5. The van der Waals surface area contributed by atoms with Crippen molar-refractivity contribution < 1.29 is 4.79 Å². The molecular weight excluding hydrogens is 336 g/mol. The molecule has 3 aromatic heterocycles. The Morgan fingerprint density at radius 3 is 3.14 bits per heavy atom. The molecule has 0 aliphatic rings. The standard InChI is InChI=1S/C13H13BrN6O/c1-2-3-12-17-18-19-20(12)7-11(21)10-6-16-13-9(10)4-8(14)5-15-13/h4-6H,2-3,7H2,1H3,(H,15,16). The van der Waals surface area contributed by atoms with Crippen molar-refractivity contribution in [3.8, 4) is 0 Å². The maximum absolute atomic E-state index is 12.5. The Hall–Kier alpha value is -2.09. The van der Waals surface area contributed by atoms with E-state index in [1.807, 2.05) is 13.0 Å². The lowest BCUT2D eigenvalue weighted by molar-refractivity contribution is 0.0967. The van der Waals surface area contributed by atoms with Crippen LogP contribution < -0.4 is 0 Å². The summed E-state index contributed by atoms with van der Waals surface area (Å²) in [6, 6.07) is 1.87. The van der Waals surface area contributed by atoms with Crippen molar-refractivity contribution in [1.82, 2.24) is 30.2 Å². The first-order valence-electron chi connectivity index (χ1n) is 6.60. The number of Topliss-reactive ketones (excluding diaryl/α,β-unsaturated/α-hetero) is 1. The maximum atomic E-state index is 12.5. The minimum absolute atomic E-state index is 0.0502. The Morgan fingerprint density at radius 1 is 1.48 bits per heavy atom. The van der Waals surface area contributed by atoms with Gasteiger partial charge in [0.25, 0.3) is 0 Å². The van der Waals surface area contributed by atoms with E-state index in [-0.39, 0.29) is 12.3 Å². The van der Waals surface area contributed by atoms with Crippen LogP contribution in [-0.2, 0) is 13.0 Å². The number of carbonyl (C=O) groups is 1. The molecule has 0 radical (unpaired) electrons. The van der Waals surface area contributed by atoms with E-state index in [1.54, 1.807) is 17.1 Å². The molecule has 7 nitrogen and oxygen atoms in total. The Kier molecular flexibility index (Phi) is 3.78. The third-order valence-corrected chi connectivity index (χ3v) is 3.60. The molecule has 0 fully saturated rings. The number of aromatic amines is 1. The van der Waals surface area contributed by atoms with Gasteiger partial charge in [0, 0.05) is 34.2 Å². The highest BCUT2D eigenvalue weighted by molar-refractivity contribution is 9.10. The molecule has 0 aliphatic carbocycles. The molecule has 0 saturated carbocycles. The second-order valence-electron chi connectivity index (χ2n) is 4.68. The molecule has 1 N–H and O–H groups in total. The van der Waals surface area contributed by atoms with Gasteiger partial charge in [-0.15, -0.1) is 5.10 Å². The summed E-state index contributed by atoms with van der Waals surface area (Å²) in [7, 11) is 0. The Balaban J connectivity index is 1.90. The third kappa shape index (κ3) is 2.71. The highest BCUT2D eigenvalue weighted by atomic mass is 79.9. The fraction of sp³-hybridized carbons (Fsp3) is 0.308. The van der Waals surface area contributed by atoms with Gasteiger partial charge < -0.3 is 4.98 Å². The van der Waals surface area contributed by atoms with E-state index in [1.165, 1.54) is 0 Å². The number of fused-ring (bicyclic) bond motifs is 1. The summed E-state index contributed by atoms with van der Waals surface area (Å²) in [6.45, 7) is 2.17. The Morgan fingerprint density at radius 2 is 2.33 bits per heavy atom. The van der Waals surface area contributed by atoms with Gasteiger partial charge in [0.1, 0.15) is 12.2 Å². The van der Waals surface area contributed by atoms with Crippen LogP contribution in [0.5, 0.6) is 0 Å². The van der Waals surface area contributed by atoms with Crippen molar-refractivity contribution in [2.75, 3.05) is 0 Å². The largest absolute Gasteiger partial charge is 0.345 e. The lowest BCUT2D eigenvalue weighted by Crippen LogP contribution is -2.14. The van der Waals surface area contributed by atoms with Gasteiger partial charge in [0.05, 0.1) is 0 Å². The third-order valence-electron chi connectivity index (χ3n) is 3.17. The Bertz CT molecular complexity index is 793. The molecule has 21 heavy (non-hydrogen) atoms. The maximum Gasteiger partial charge on any atom is 0.186 e. The van der Waals surface area contributed by atoms with Crippen LogP contribution in [0.3, 0.4) is 0 Å². The van der Waals surface area contributed by atoms with Crippen LogP contribution in [0.4, 0.5) is 0 Å². The monoisotopic (exact) mass is 348 g/mol. The quantitative estimate of drug-likeness (QED) is 0.713. The zero-order chi connectivity index (χ0) is 14.8. The molecule has 108 valence electrons. The van der Waals surface area contributed by atoms with Gasteiger partial charge in [-0.25, -0.2) is 9.67 Å². The van der Waals surface area contributed by atoms with Crippen LogP contribution in [0.25, 0.3) is 11.0 Å². The second kappa shape index (κ2) is 5.72. The molecule has 0 spiro atoms. The van der Waals surface area contributed by atoms with Gasteiger partial charge in [-0.2, -0.15) is 0 Å². The molecule has 0 bridgehead atoms. The number of pyridine rings is 1. The van der Waals surface area contributed by atoms with Gasteiger partial charge in [-0.3, -0.25) is 4.79 Å². The average Bonchev–Trinajstić information content (AvgIpc) is 3.06. The molecule has 0 aliphatic heterocycles. The first-order chi connectivity index (χ1) is 10.2. The minimum atomic E-state index is -0.0502. The zero-order valence-electron chi connectivity index (χ0n) is 11.4. The zero-order valence-corrected chi connectivity index (χ0v) is 13.0. The lowest BCUT2D eigenvalue weighted by atomic mass is 10.1. The molecule has 0 saturated heterocycles. The fourth-order valence-corrected chi connectivity index (χ4v) is 2.51. The highest BCUT2D eigenvalue weighted by Crippen LogP contribution is 2.21. The van der Waals surface area contributed by atoms with Gasteiger partial charge in [-0.05, 0) is 38.8 Å². The summed E-state index contributed by atoms with van der Waals surface area (Å²) in [4.78, 5) is 19.7. The second-order valence-corrected chi connectivity index (χ2v) is 5.59. The number of hydrogen-bond donors (Lipinski definition) is 1. The normalized spacial score (nSPS) is 11.1. The number of hydrogen-bond acceptors (Lipinski definition) is 5. The smallest absolute Gasteiger partial charge is 0.186 e. The van der Waals surface area contributed by atoms with E-state index in [0.29, 0.717) is 11.2 Å². The van der Waals surface area contributed by atoms with E-state index in [4.69, 9.17) is 0 Å². The van der Waals surface area contributed by atoms with E-state index in [9.17, 15) is 4.79 Å². The number of H-pyrrole nitrogens is 1. The SMILES string of the molecule is CCCc1nnnn1CC(=O)c1c[nH]c2ncc(Br)cc12. The minimum Gasteiger partial charge on any atom is -0.345 e. The fourth-order valence-electron chi connectivity index (χ4n) is 2.18. The number of tetrazole rings is 1. The summed E-state index contributed by atoms with van der Waals surface area (Å²) in [6.07, 6.45) is 5.05. The first-order valence-corrected chi connectivity index (χ1v) is 7.39. The molecule has 0 amide bonds. The molecule has 0 aromatic carbocycles. The number of halogens is 1. The molecule has 3 aromatic rings. The van der Waals surface area contributed by atoms with Crippen molar-refractivity contribution in [2.24, 2.45) is 0 Å². The van der Waals surface area contributed by atoms with E-state index in [2.05, 4.69) is 41.4 Å². The first kappa shape index (κ1) is 13.9. The van der Waals surface area contributed by atoms with Crippen LogP contribution in [0.15, 0.2) is 22.9 Å². The average molecular weight is 349 g/mol. The van der Waals surface area contributed by atoms with Gasteiger partial charge in [-0.1, -0.05) is 6.92 Å². The summed E-state index contributed by atoms with van der Waals surface area (Å²) < 4.78 is 2.38. The van der Waals surface area contributed by atoms with Crippen LogP contribution in [0, 0.1) is 0 Å². The van der Waals surface area contributed by atoms with Crippen LogP contribution in [0.1, 0.15) is 29.5 Å². The van der Waals surface area contributed by atoms with Crippen LogP contribution in [0.2, 0.25) is 0 Å². The molecule has 3 rings (SSSR count). The van der Waals surface area contributed by atoms with Crippen molar-refractivity contribution in [3.63, 3.8) is 0 Å². The van der Waals surface area contributed by atoms with Gasteiger partial charge >= 0.3 is 0 Å².